The highest BCUT2D eigenvalue weighted by Crippen LogP contribution is 2.32. The molecule has 4 heterocycles. The van der Waals surface area contributed by atoms with Gasteiger partial charge in [-0.05, 0) is 18.9 Å². The molecule has 1 amide bonds. The van der Waals surface area contributed by atoms with Crippen molar-refractivity contribution in [1.29, 1.82) is 0 Å². The number of carbonyl (C=O) groups excluding carboxylic acids is 1. The van der Waals surface area contributed by atoms with Crippen molar-refractivity contribution < 1.29 is 18.0 Å². The summed E-state index contributed by atoms with van der Waals surface area (Å²) in [5.41, 5.74) is 2.83. The van der Waals surface area contributed by atoms with Crippen molar-refractivity contribution in [2.45, 2.75) is 19.0 Å². The summed E-state index contributed by atoms with van der Waals surface area (Å²) in [5, 5.41) is 2.84. The molecule has 0 radical (unpaired) electrons. The van der Waals surface area contributed by atoms with Gasteiger partial charge in [-0.1, -0.05) is 0 Å². The highest BCUT2D eigenvalue weighted by atomic mass is 19.4. The van der Waals surface area contributed by atoms with Gasteiger partial charge in [0.1, 0.15) is 18.4 Å². The zero-order chi connectivity index (χ0) is 19.0. The number of aromatic amines is 1. The Bertz CT molecular complexity index is 986. The minimum Gasteiger partial charge on any atom is -0.370 e. The number of fused-ring (bicyclic) bond motifs is 3. The van der Waals surface area contributed by atoms with Gasteiger partial charge in [-0.3, -0.25) is 4.79 Å². The summed E-state index contributed by atoms with van der Waals surface area (Å²) >= 11 is 0. The van der Waals surface area contributed by atoms with E-state index < -0.39 is 24.5 Å². The van der Waals surface area contributed by atoms with E-state index in [1.54, 1.807) is 12.4 Å². The van der Waals surface area contributed by atoms with Crippen molar-refractivity contribution in [3.63, 3.8) is 0 Å². The molecule has 4 rings (SSSR count). The van der Waals surface area contributed by atoms with Gasteiger partial charge in [0.15, 0.2) is 5.65 Å². The number of anilines is 1. The van der Waals surface area contributed by atoms with Crippen molar-refractivity contribution >= 4 is 33.7 Å². The molecule has 7 nitrogen and oxygen atoms in total. The third-order valence-corrected chi connectivity index (χ3v) is 4.73. The molecular weight excluding hydrogens is 361 g/mol. The van der Waals surface area contributed by atoms with Crippen LogP contribution in [0.4, 0.5) is 18.9 Å². The van der Waals surface area contributed by atoms with Crippen LogP contribution in [0.15, 0.2) is 24.8 Å². The van der Waals surface area contributed by atoms with E-state index in [1.807, 2.05) is 16.3 Å². The minimum atomic E-state index is -4.41. The van der Waals surface area contributed by atoms with Gasteiger partial charge in [-0.2, -0.15) is 13.2 Å². The number of piperidine rings is 1. The average Bonchev–Trinajstić information content (AvgIpc) is 3.14. The predicted octanol–water partition coefficient (Wildman–Crippen LogP) is 2.40. The first-order valence-electron chi connectivity index (χ1n) is 8.58. The van der Waals surface area contributed by atoms with E-state index in [0.29, 0.717) is 37.1 Å². The second kappa shape index (κ2) is 6.67. The molecule has 1 fully saturated rings. The zero-order valence-corrected chi connectivity index (χ0v) is 14.3. The molecule has 27 heavy (non-hydrogen) atoms. The Balaban J connectivity index is 1.62. The number of nitrogens with zero attached hydrogens (tertiary/aromatic N) is 4. The standard InChI is InChI=1S/C17H17F3N6O/c18-17(19,20)8-23-16(27)10-2-1-5-26(7-10)12-3-4-21-11-6-22-15-14(13(11)12)24-9-25-15/h3-4,6,9-10,21H,1-2,5,7-8H2,(H,23,27). The Hall–Kier alpha value is -2.91. The van der Waals surface area contributed by atoms with E-state index in [0.717, 1.165) is 16.6 Å². The van der Waals surface area contributed by atoms with Crippen LogP contribution < -0.4 is 10.2 Å². The number of rotatable bonds is 3. The molecule has 0 spiro atoms. The van der Waals surface area contributed by atoms with Crippen LogP contribution in [0.5, 0.6) is 0 Å². The molecule has 10 heteroatoms. The van der Waals surface area contributed by atoms with Gasteiger partial charge in [-0.25, -0.2) is 15.0 Å². The predicted molar refractivity (Wildman–Crippen MR) is 93.2 cm³/mol. The molecule has 0 aromatic carbocycles. The first kappa shape index (κ1) is 17.5. The molecule has 1 aliphatic rings. The maximum atomic E-state index is 12.4. The third-order valence-electron chi connectivity index (χ3n) is 4.73. The number of hydrogen-bond acceptors (Lipinski definition) is 5. The van der Waals surface area contributed by atoms with Gasteiger partial charge < -0.3 is 15.2 Å². The summed E-state index contributed by atoms with van der Waals surface area (Å²) < 4.78 is 37.1. The van der Waals surface area contributed by atoms with Gasteiger partial charge in [-0.15, -0.1) is 0 Å². The first-order valence-corrected chi connectivity index (χ1v) is 8.58. The molecular formula is C17H17F3N6O. The van der Waals surface area contributed by atoms with Crippen molar-refractivity contribution in [3.05, 3.63) is 24.8 Å². The van der Waals surface area contributed by atoms with Crippen LogP contribution in [0.25, 0.3) is 22.1 Å². The third kappa shape index (κ3) is 3.51. The lowest BCUT2D eigenvalue weighted by molar-refractivity contribution is -0.140. The highest BCUT2D eigenvalue weighted by Gasteiger charge is 2.32. The number of aromatic nitrogens is 4. The average molecular weight is 378 g/mol. The van der Waals surface area contributed by atoms with Crippen LogP contribution in [-0.4, -0.2) is 51.7 Å². The minimum absolute atomic E-state index is 0.348. The van der Waals surface area contributed by atoms with E-state index in [4.69, 9.17) is 0 Å². The Morgan fingerprint density at radius 2 is 2.19 bits per heavy atom. The number of nitrogens with one attached hydrogen (secondary N) is 2. The molecule has 0 bridgehead atoms. The summed E-state index contributed by atoms with van der Waals surface area (Å²) in [4.78, 5) is 30.0. The second-order valence-electron chi connectivity index (χ2n) is 6.57. The lowest BCUT2D eigenvalue weighted by Gasteiger charge is -2.34. The molecule has 1 aliphatic heterocycles. The SMILES string of the molecule is O=C(NCC(F)(F)F)C1CCCN(c2cc[nH]c3cnc4ncnc4c23)C1. The summed E-state index contributed by atoms with van der Waals surface area (Å²) in [6, 6.07) is 1.88. The lowest BCUT2D eigenvalue weighted by Crippen LogP contribution is -2.45. The Labute approximate surface area is 152 Å². The second-order valence-corrected chi connectivity index (χ2v) is 6.57. The molecule has 1 atom stereocenters. The Morgan fingerprint density at radius 1 is 1.33 bits per heavy atom. The quantitative estimate of drug-likeness (QED) is 0.731. The molecule has 3 aromatic rings. The number of amides is 1. The van der Waals surface area contributed by atoms with Crippen molar-refractivity contribution in [2.75, 3.05) is 24.5 Å². The summed E-state index contributed by atoms with van der Waals surface area (Å²) in [7, 11) is 0. The van der Waals surface area contributed by atoms with Crippen molar-refractivity contribution in [2.24, 2.45) is 5.92 Å². The number of alkyl halides is 3. The number of H-pyrrole nitrogens is 1. The Morgan fingerprint density at radius 3 is 3.00 bits per heavy atom. The largest absolute Gasteiger partial charge is 0.405 e. The maximum Gasteiger partial charge on any atom is 0.405 e. The van der Waals surface area contributed by atoms with Gasteiger partial charge >= 0.3 is 6.18 Å². The van der Waals surface area contributed by atoms with Crippen molar-refractivity contribution in [1.82, 2.24) is 25.3 Å². The van der Waals surface area contributed by atoms with Gasteiger partial charge in [0.05, 0.1) is 23.0 Å². The maximum absolute atomic E-state index is 12.4. The van der Waals surface area contributed by atoms with Crippen LogP contribution in [0.3, 0.4) is 0 Å². The number of imidazole rings is 1. The fraction of sp³-hybridized carbons (Fsp3) is 0.412. The molecule has 3 aromatic heterocycles. The molecule has 0 saturated carbocycles. The van der Waals surface area contributed by atoms with E-state index in [2.05, 4.69) is 19.9 Å². The Kier molecular flexibility index (Phi) is 4.33. The molecule has 2 N–H and O–H groups in total. The van der Waals surface area contributed by atoms with Gasteiger partial charge in [0.25, 0.3) is 0 Å². The fourth-order valence-electron chi connectivity index (χ4n) is 3.52. The van der Waals surface area contributed by atoms with Crippen molar-refractivity contribution in [3.8, 4) is 0 Å². The molecule has 1 saturated heterocycles. The highest BCUT2D eigenvalue weighted by molar-refractivity contribution is 6.07. The fourth-order valence-corrected chi connectivity index (χ4v) is 3.52. The number of pyridine rings is 2. The molecule has 142 valence electrons. The van der Waals surface area contributed by atoms with Crippen LogP contribution in [-0.2, 0) is 4.79 Å². The van der Waals surface area contributed by atoms with E-state index in [9.17, 15) is 18.0 Å². The lowest BCUT2D eigenvalue weighted by atomic mass is 9.96. The molecule has 0 aliphatic carbocycles. The van der Waals surface area contributed by atoms with Crippen LogP contribution in [0, 0.1) is 5.92 Å². The van der Waals surface area contributed by atoms with Gasteiger partial charge in [0, 0.05) is 25.0 Å². The number of halogens is 3. The topological polar surface area (TPSA) is 86.8 Å². The smallest absolute Gasteiger partial charge is 0.370 e. The monoisotopic (exact) mass is 378 g/mol. The van der Waals surface area contributed by atoms with E-state index >= 15 is 0 Å². The van der Waals surface area contributed by atoms with Crippen LogP contribution in [0.1, 0.15) is 12.8 Å². The summed E-state index contributed by atoms with van der Waals surface area (Å²) in [6.07, 6.45) is 1.75. The normalized spacial score (nSPS) is 18.2. The summed E-state index contributed by atoms with van der Waals surface area (Å²) in [6.45, 7) is -0.248. The summed E-state index contributed by atoms with van der Waals surface area (Å²) in [5.74, 6) is -1.06. The van der Waals surface area contributed by atoms with Crippen LogP contribution >= 0.6 is 0 Å². The zero-order valence-electron chi connectivity index (χ0n) is 14.3. The van der Waals surface area contributed by atoms with Crippen LogP contribution in [0.2, 0.25) is 0 Å². The first-order chi connectivity index (χ1) is 12.9. The van der Waals surface area contributed by atoms with E-state index in [1.165, 1.54) is 6.33 Å². The number of hydrogen-bond donors (Lipinski definition) is 2. The molecule has 1 unspecified atom stereocenters. The van der Waals surface area contributed by atoms with Gasteiger partial charge in [0.2, 0.25) is 5.91 Å². The number of carbonyl (C=O) groups is 1. The van der Waals surface area contributed by atoms with E-state index in [-0.39, 0.29) is 0 Å².